The highest BCUT2D eigenvalue weighted by Crippen LogP contribution is 2.19. The number of piperidine rings is 2. The molecule has 0 bridgehead atoms. The second-order valence-corrected chi connectivity index (χ2v) is 9.40. The predicted octanol–water partition coefficient (Wildman–Crippen LogP) is 0.954. The predicted molar refractivity (Wildman–Crippen MR) is 125 cm³/mol. The number of amides is 1. The molecule has 3 saturated heterocycles. The van der Waals surface area contributed by atoms with Gasteiger partial charge in [0.05, 0.1) is 12.3 Å². The van der Waals surface area contributed by atoms with Gasteiger partial charge in [0.25, 0.3) is 5.91 Å². The van der Waals surface area contributed by atoms with Gasteiger partial charge < -0.3 is 21.3 Å². The first kappa shape index (κ1) is 22.5. The van der Waals surface area contributed by atoms with Crippen LogP contribution < -0.4 is 37.4 Å². The summed E-state index contributed by atoms with van der Waals surface area (Å²) in [6, 6.07) is 8.20. The van der Waals surface area contributed by atoms with Crippen LogP contribution in [0.2, 0.25) is 0 Å². The third-order valence-electron chi connectivity index (χ3n) is 7.01. The smallest absolute Gasteiger partial charge is 0.251 e. The Hall–Kier alpha value is -1.71. The molecule has 0 spiro atoms. The fourth-order valence-electron chi connectivity index (χ4n) is 5.15. The van der Waals surface area contributed by atoms with Crippen molar-refractivity contribution in [2.45, 2.75) is 63.9 Å². The van der Waals surface area contributed by atoms with Crippen molar-refractivity contribution in [1.82, 2.24) is 32.1 Å². The second kappa shape index (κ2) is 10.7. The van der Waals surface area contributed by atoms with Crippen LogP contribution in [0.5, 0.6) is 0 Å². The maximum absolute atomic E-state index is 12.8. The van der Waals surface area contributed by atoms with Gasteiger partial charge in [-0.2, -0.15) is 0 Å². The highest BCUT2D eigenvalue weighted by Gasteiger charge is 2.30. The molecule has 3 fully saturated rings. The molecule has 172 valence electrons. The minimum Gasteiger partial charge on any atom is -0.382 e. The lowest BCUT2D eigenvalue weighted by atomic mass is 9.88. The molecule has 3 aliphatic heterocycles. The number of hydrogen-bond acceptors (Lipinski definition) is 7. The largest absolute Gasteiger partial charge is 0.382 e. The van der Waals surface area contributed by atoms with E-state index in [0.717, 1.165) is 31.9 Å². The average Bonchev–Trinajstić information content (AvgIpc) is 3.28. The Kier molecular flexibility index (Phi) is 7.79. The Bertz CT molecular complexity index is 724. The molecule has 31 heavy (non-hydrogen) atoms. The van der Waals surface area contributed by atoms with Crippen LogP contribution in [0.25, 0.3) is 0 Å². The summed E-state index contributed by atoms with van der Waals surface area (Å²) in [5.74, 6) is 1.21. The Balaban J connectivity index is 1.25. The van der Waals surface area contributed by atoms with Gasteiger partial charge in [0.1, 0.15) is 0 Å². The zero-order valence-corrected chi connectivity index (χ0v) is 18.8. The Morgan fingerprint density at radius 3 is 2.81 bits per heavy atom. The van der Waals surface area contributed by atoms with E-state index in [1.165, 1.54) is 25.7 Å². The van der Waals surface area contributed by atoms with E-state index in [9.17, 15) is 4.79 Å². The van der Waals surface area contributed by atoms with Crippen LogP contribution in [0.3, 0.4) is 0 Å². The molecule has 0 aliphatic carbocycles. The van der Waals surface area contributed by atoms with E-state index in [2.05, 4.69) is 51.3 Å². The van der Waals surface area contributed by atoms with Crippen LogP contribution in [-0.2, 0) is 0 Å². The maximum Gasteiger partial charge on any atom is 0.251 e. The number of hydrogen-bond donors (Lipinski definition) is 7. The molecule has 8 nitrogen and oxygen atoms in total. The minimum absolute atomic E-state index is 0.0134. The van der Waals surface area contributed by atoms with E-state index in [0.29, 0.717) is 29.6 Å². The van der Waals surface area contributed by atoms with E-state index in [-0.39, 0.29) is 18.1 Å². The molecule has 1 aromatic carbocycles. The van der Waals surface area contributed by atoms with E-state index in [1.807, 2.05) is 24.3 Å². The summed E-state index contributed by atoms with van der Waals surface area (Å²) in [5.41, 5.74) is 8.40. The molecular formula is C23H39N7O. The van der Waals surface area contributed by atoms with Crippen molar-refractivity contribution < 1.29 is 4.79 Å². The Morgan fingerprint density at radius 2 is 2.00 bits per heavy atom. The Morgan fingerprint density at radius 1 is 1.16 bits per heavy atom. The third kappa shape index (κ3) is 5.96. The normalized spacial score (nSPS) is 30.6. The van der Waals surface area contributed by atoms with E-state index in [4.69, 9.17) is 0 Å². The summed E-state index contributed by atoms with van der Waals surface area (Å²) in [6.45, 7) is 8.32. The standard InChI is InChI=1S/C23H39N7O/c1-15-5-4-10-25-21(15)16(2)27-23(31)18-6-3-7-19(13-18)26-14-20-28-22(30-29-20)17-8-11-24-12-9-17/h3,6-7,13,15-17,20-22,24-26,28-30H,4-5,8-12,14H2,1-2H3,(H,27,31)/t15?,16-,20?,21?,22?/m0/s1. The van der Waals surface area contributed by atoms with E-state index in [1.54, 1.807) is 0 Å². The van der Waals surface area contributed by atoms with Crippen LogP contribution in [0, 0.1) is 11.8 Å². The average molecular weight is 430 g/mol. The van der Waals surface area contributed by atoms with Crippen molar-refractivity contribution >= 4 is 11.6 Å². The first-order valence-corrected chi connectivity index (χ1v) is 12.0. The van der Waals surface area contributed by atoms with Crippen molar-refractivity contribution in [1.29, 1.82) is 0 Å². The van der Waals surface area contributed by atoms with Crippen molar-refractivity contribution in [2.24, 2.45) is 11.8 Å². The number of nitrogens with one attached hydrogen (secondary N) is 7. The highest BCUT2D eigenvalue weighted by molar-refractivity contribution is 5.95. The molecule has 4 unspecified atom stereocenters. The number of rotatable bonds is 7. The van der Waals surface area contributed by atoms with Crippen LogP contribution in [0.4, 0.5) is 5.69 Å². The van der Waals surface area contributed by atoms with Crippen molar-refractivity contribution in [3.63, 3.8) is 0 Å². The number of benzene rings is 1. The fourth-order valence-corrected chi connectivity index (χ4v) is 5.15. The van der Waals surface area contributed by atoms with Gasteiger partial charge in [-0.05, 0) is 82.3 Å². The highest BCUT2D eigenvalue weighted by atomic mass is 16.1. The molecule has 3 heterocycles. The summed E-state index contributed by atoms with van der Waals surface area (Å²) < 4.78 is 0. The van der Waals surface area contributed by atoms with Gasteiger partial charge in [0.15, 0.2) is 0 Å². The number of hydrazine groups is 1. The Labute approximate surface area is 186 Å². The summed E-state index contributed by atoms with van der Waals surface area (Å²) >= 11 is 0. The van der Waals surface area contributed by atoms with Crippen molar-refractivity contribution in [2.75, 3.05) is 31.5 Å². The molecule has 0 radical (unpaired) electrons. The molecule has 3 aliphatic rings. The van der Waals surface area contributed by atoms with Gasteiger partial charge in [-0.15, -0.1) is 0 Å². The quantitative estimate of drug-likeness (QED) is 0.347. The van der Waals surface area contributed by atoms with Crippen LogP contribution in [-0.4, -0.2) is 56.5 Å². The number of anilines is 1. The molecule has 0 saturated carbocycles. The fraction of sp³-hybridized carbons (Fsp3) is 0.696. The molecule has 0 aromatic heterocycles. The van der Waals surface area contributed by atoms with Gasteiger partial charge in [0, 0.05) is 29.9 Å². The molecule has 7 N–H and O–H groups in total. The van der Waals surface area contributed by atoms with Gasteiger partial charge in [-0.1, -0.05) is 13.0 Å². The van der Waals surface area contributed by atoms with Gasteiger partial charge in [-0.3, -0.25) is 10.1 Å². The number of carbonyl (C=O) groups is 1. The second-order valence-electron chi connectivity index (χ2n) is 9.40. The lowest BCUT2D eigenvalue weighted by molar-refractivity contribution is 0.0919. The maximum atomic E-state index is 12.8. The molecular weight excluding hydrogens is 390 g/mol. The first-order valence-electron chi connectivity index (χ1n) is 12.0. The zero-order valence-electron chi connectivity index (χ0n) is 18.8. The molecule has 5 atom stereocenters. The van der Waals surface area contributed by atoms with Crippen molar-refractivity contribution in [3.8, 4) is 0 Å². The van der Waals surface area contributed by atoms with Gasteiger partial charge in [-0.25, -0.2) is 10.9 Å². The monoisotopic (exact) mass is 429 g/mol. The first-order chi connectivity index (χ1) is 15.1. The lowest BCUT2D eigenvalue weighted by Crippen LogP contribution is -2.53. The van der Waals surface area contributed by atoms with E-state index < -0.39 is 0 Å². The summed E-state index contributed by atoms with van der Waals surface area (Å²) in [5, 5.41) is 17.3. The summed E-state index contributed by atoms with van der Waals surface area (Å²) in [7, 11) is 0. The summed E-state index contributed by atoms with van der Waals surface area (Å²) in [6.07, 6.45) is 5.27. The minimum atomic E-state index is -0.0134. The summed E-state index contributed by atoms with van der Waals surface area (Å²) in [4.78, 5) is 12.8. The molecule has 1 aromatic rings. The van der Waals surface area contributed by atoms with Crippen LogP contribution in [0.15, 0.2) is 24.3 Å². The zero-order chi connectivity index (χ0) is 21.6. The van der Waals surface area contributed by atoms with Crippen LogP contribution >= 0.6 is 0 Å². The lowest BCUT2D eigenvalue weighted by Gasteiger charge is -2.35. The molecule has 1 amide bonds. The molecule has 4 rings (SSSR count). The number of carbonyl (C=O) groups excluding carboxylic acids is 1. The molecule has 8 heteroatoms. The van der Waals surface area contributed by atoms with Gasteiger partial charge >= 0.3 is 0 Å². The van der Waals surface area contributed by atoms with Crippen molar-refractivity contribution in [3.05, 3.63) is 29.8 Å². The third-order valence-corrected chi connectivity index (χ3v) is 7.01. The van der Waals surface area contributed by atoms with Gasteiger partial charge in [0.2, 0.25) is 0 Å². The van der Waals surface area contributed by atoms with Crippen LogP contribution in [0.1, 0.15) is 49.9 Å². The topological polar surface area (TPSA) is 101 Å². The SMILES string of the molecule is CC1CCCNC1[C@H](C)NC(=O)c1cccc(NCC2NNC(C3CCNCC3)N2)c1. The van der Waals surface area contributed by atoms with E-state index >= 15 is 0 Å².